The summed E-state index contributed by atoms with van der Waals surface area (Å²) in [5.74, 6) is 0.552. The molecule has 1 aliphatic rings. The number of anilines is 1. The fourth-order valence-electron chi connectivity index (χ4n) is 3.35. The summed E-state index contributed by atoms with van der Waals surface area (Å²) in [6.07, 6.45) is 1.38. The average Bonchev–Trinajstić information content (AvgIpc) is 3.04. The number of amides is 1. The molecule has 2 aromatic rings. The van der Waals surface area contributed by atoms with Gasteiger partial charge in [-0.15, -0.1) is 0 Å². The number of aryl methyl sites for hydroxylation is 1. The molecule has 1 aromatic carbocycles. The zero-order valence-electron chi connectivity index (χ0n) is 15.8. The third kappa shape index (κ3) is 4.66. The molecule has 0 bridgehead atoms. The van der Waals surface area contributed by atoms with Gasteiger partial charge in [0.2, 0.25) is 5.91 Å². The minimum atomic E-state index is -0.410. The number of carbonyl (C=O) groups is 2. The number of likely N-dealkylation sites (tertiary alicyclic amines) is 1. The zero-order valence-corrected chi connectivity index (χ0v) is 16.6. The van der Waals surface area contributed by atoms with E-state index >= 15 is 0 Å². The Kier molecular flexibility index (Phi) is 6.26. The highest BCUT2D eigenvalue weighted by atomic mass is 35.5. The Balaban J connectivity index is 1.53. The molecule has 2 N–H and O–H groups in total. The zero-order chi connectivity index (χ0) is 20.3. The van der Waals surface area contributed by atoms with Crippen molar-refractivity contribution in [1.82, 2.24) is 4.90 Å². The smallest absolute Gasteiger partial charge is 0.341 e. The number of furan rings is 1. The molecule has 28 heavy (non-hydrogen) atoms. The van der Waals surface area contributed by atoms with E-state index in [9.17, 15) is 14.7 Å². The van der Waals surface area contributed by atoms with Crippen molar-refractivity contribution in [3.63, 3.8) is 0 Å². The summed E-state index contributed by atoms with van der Waals surface area (Å²) < 4.78 is 10.4. The number of nitrogens with one attached hydrogen (secondary N) is 1. The summed E-state index contributed by atoms with van der Waals surface area (Å²) in [6.45, 7) is 3.76. The van der Waals surface area contributed by atoms with Crippen molar-refractivity contribution >= 4 is 29.2 Å². The van der Waals surface area contributed by atoms with Crippen LogP contribution in [0.3, 0.4) is 0 Å². The fourth-order valence-corrected chi connectivity index (χ4v) is 3.52. The van der Waals surface area contributed by atoms with Crippen LogP contribution in [0.25, 0.3) is 0 Å². The number of methoxy groups -OCH3 is 1. The lowest BCUT2D eigenvalue weighted by Gasteiger charge is -2.30. The van der Waals surface area contributed by atoms with Gasteiger partial charge in [0, 0.05) is 10.9 Å². The van der Waals surface area contributed by atoms with Gasteiger partial charge in [-0.05, 0) is 57.1 Å². The number of piperidine rings is 1. The predicted molar refractivity (Wildman–Crippen MR) is 105 cm³/mol. The number of esters is 1. The maximum atomic E-state index is 12.5. The Labute approximate surface area is 168 Å². The average molecular weight is 407 g/mol. The van der Waals surface area contributed by atoms with Crippen LogP contribution in [0.4, 0.5) is 5.69 Å². The number of hydrogen-bond donors (Lipinski definition) is 2. The lowest BCUT2D eigenvalue weighted by molar-refractivity contribution is -0.121. The molecule has 0 saturated carbocycles. The maximum Gasteiger partial charge on any atom is 0.341 e. The first kappa shape index (κ1) is 20.2. The van der Waals surface area contributed by atoms with Gasteiger partial charge >= 0.3 is 5.97 Å². The Morgan fingerprint density at radius 1 is 1.32 bits per heavy atom. The molecule has 0 atom stereocenters. The summed E-state index contributed by atoms with van der Waals surface area (Å²) >= 11 is 5.92. The molecule has 1 amide bonds. The van der Waals surface area contributed by atoms with Gasteiger partial charge in [0.25, 0.3) is 0 Å². The third-order valence-electron chi connectivity index (χ3n) is 4.93. The van der Waals surface area contributed by atoms with Crippen LogP contribution in [0.2, 0.25) is 5.02 Å². The van der Waals surface area contributed by atoms with Crippen molar-refractivity contribution in [1.29, 1.82) is 0 Å². The van der Waals surface area contributed by atoms with Gasteiger partial charge in [-0.25, -0.2) is 4.79 Å². The van der Waals surface area contributed by atoms with Gasteiger partial charge in [0.1, 0.15) is 22.8 Å². The van der Waals surface area contributed by atoms with Crippen LogP contribution in [0.1, 0.15) is 34.7 Å². The summed E-state index contributed by atoms with van der Waals surface area (Å²) in [7, 11) is 1.34. The lowest BCUT2D eigenvalue weighted by atomic mass is 9.95. The molecule has 150 valence electrons. The van der Waals surface area contributed by atoms with E-state index in [4.69, 9.17) is 20.8 Å². The van der Waals surface area contributed by atoms with Crippen molar-refractivity contribution in [3.8, 4) is 5.75 Å². The van der Waals surface area contributed by atoms with Crippen LogP contribution in [0.15, 0.2) is 28.7 Å². The Morgan fingerprint density at radius 2 is 2.04 bits per heavy atom. The number of phenolic OH excluding ortho intramolecular Hbond substituents is 1. The van der Waals surface area contributed by atoms with E-state index < -0.39 is 5.97 Å². The van der Waals surface area contributed by atoms with Crippen molar-refractivity contribution in [3.05, 3.63) is 46.4 Å². The van der Waals surface area contributed by atoms with E-state index in [1.54, 1.807) is 19.1 Å². The molecule has 3 rings (SSSR count). The van der Waals surface area contributed by atoms with Gasteiger partial charge in [-0.1, -0.05) is 11.6 Å². The third-order valence-corrected chi connectivity index (χ3v) is 5.16. The summed E-state index contributed by atoms with van der Waals surface area (Å²) in [4.78, 5) is 26.4. The molecule has 0 spiro atoms. The second-order valence-electron chi connectivity index (χ2n) is 6.88. The number of phenols is 1. The molecule has 1 aromatic heterocycles. The van der Waals surface area contributed by atoms with Crippen LogP contribution in [-0.4, -0.2) is 42.1 Å². The highest BCUT2D eigenvalue weighted by Crippen LogP contribution is 2.28. The normalized spacial score (nSPS) is 15.4. The van der Waals surface area contributed by atoms with E-state index in [0.29, 0.717) is 47.2 Å². The second-order valence-corrected chi connectivity index (χ2v) is 7.31. The first-order chi connectivity index (χ1) is 13.4. The van der Waals surface area contributed by atoms with E-state index in [1.165, 1.54) is 19.2 Å². The van der Waals surface area contributed by atoms with E-state index in [0.717, 1.165) is 13.1 Å². The second kappa shape index (κ2) is 8.67. The highest BCUT2D eigenvalue weighted by Gasteiger charge is 2.26. The number of aromatic hydroxyl groups is 1. The quantitative estimate of drug-likeness (QED) is 0.582. The van der Waals surface area contributed by atoms with Crippen LogP contribution >= 0.6 is 11.6 Å². The molecule has 1 aliphatic heterocycles. The number of hydrogen-bond acceptors (Lipinski definition) is 6. The lowest BCUT2D eigenvalue weighted by Crippen LogP contribution is -2.37. The Hall–Kier alpha value is -2.51. The van der Waals surface area contributed by atoms with Crippen molar-refractivity contribution < 1.29 is 23.8 Å². The number of carbonyl (C=O) groups excluding carboxylic acids is 2. The minimum Gasteiger partial charge on any atom is -0.506 e. The van der Waals surface area contributed by atoms with Gasteiger partial charge in [-0.2, -0.15) is 0 Å². The number of ether oxygens (including phenoxy) is 1. The minimum absolute atomic E-state index is 0.00946. The summed E-state index contributed by atoms with van der Waals surface area (Å²) in [6, 6.07) is 6.26. The molecule has 2 heterocycles. The topological polar surface area (TPSA) is 92.0 Å². The first-order valence-corrected chi connectivity index (χ1v) is 9.44. The highest BCUT2D eigenvalue weighted by molar-refractivity contribution is 6.31. The monoisotopic (exact) mass is 406 g/mol. The van der Waals surface area contributed by atoms with Gasteiger partial charge < -0.3 is 19.6 Å². The van der Waals surface area contributed by atoms with Crippen molar-refractivity contribution in [2.24, 2.45) is 5.92 Å². The molecule has 8 heteroatoms. The van der Waals surface area contributed by atoms with Crippen molar-refractivity contribution in [2.75, 3.05) is 25.5 Å². The van der Waals surface area contributed by atoms with Gasteiger partial charge in [0.15, 0.2) is 0 Å². The molecule has 1 saturated heterocycles. The van der Waals surface area contributed by atoms with Crippen LogP contribution in [-0.2, 0) is 16.1 Å². The summed E-state index contributed by atoms with van der Waals surface area (Å²) in [5.41, 5.74) is 0.759. The first-order valence-electron chi connectivity index (χ1n) is 9.06. The van der Waals surface area contributed by atoms with Crippen molar-refractivity contribution in [2.45, 2.75) is 26.3 Å². The molecule has 0 aliphatic carbocycles. The number of nitrogens with zero attached hydrogens (tertiary/aromatic N) is 1. The number of benzene rings is 1. The molecule has 0 unspecified atom stereocenters. The molecular formula is C20H23ClN2O5. The Morgan fingerprint density at radius 3 is 2.71 bits per heavy atom. The molecular weight excluding hydrogens is 384 g/mol. The van der Waals surface area contributed by atoms with Crippen LogP contribution < -0.4 is 5.32 Å². The Bertz CT molecular complexity index is 871. The summed E-state index contributed by atoms with van der Waals surface area (Å²) in [5, 5.41) is 13.0. The molecule has 7 nitrogen and oxygen atoms in total. The van der Waals surface area contributed by atoms with Gasteiger partial charge in [-0.3, -0.25) is 9.69 Å². The largest absolute Gasteiger partial charge is 0.506 e. The van der Waals surface area contributed by atoms with Crippen LogP contribution in [0.5, 0.6) is 5.75 Å². The fraction of sp³-hybridized carbons (Fsp3) is 0.400. The molecule has 0 radical (unpaired) electrons. The van der Waals surface area contributed by atoms with E-state index in [-0.39, 0.29) is 17.6 Å². The SMILES string of the molecule is COC(=O)c1cc(CN2CCC(C(=O)Nc3cc(Cl)ccc3O)CC2)oc1C. The standard InChI is InChI=1S/C20H23ClN2O5/c1-12-16(20(26)27-2)10-15(28-12)11-23-7-5-13(6-8-23)19(25)22-17-9-14(21)3-4-18(17)24/h3-4,9-10,13,24H,5-8,11H2,1-2H3,(H,22,25). The number of rotatable bonds is 5. The maximum absolute atomic E-state index is 12.5. The van der Waals surface area contributed by atoms with E-state index in [2.05, 4.69) is 10.2 Å². The molecule has 1 fully saturated rings. The van der Waals surface area contributed by atoms with Gasteiger partial charge in [0.05, 0.1) is 19.3 Å². The number of halogens is 1. The van der Waals surface area contributed by atoms with Crippen LogP contribution in [0, 0.1) is 12.8 Å². The van der Waals surface area contributed by atoms with E-state index in [1.807, 2.05) is 0 Å². The predicted octanol–water partition coefficient (Wildman–Crippen LogP) is 3.58.